The molecular weight excluding hydrogens is 509 g/mol. The molecule has 0 bridgehead atoms. The van der Waals surface area contributed by atoms with Gasteiger partial charge in [0.15, 0.2) is 0 Å². The molecule has 0 unspecified atom stereocenters. The zero-order valence-corrected chi connectivity index (χ0v) is 21.8. The SMILES string of the molecule is CC1(NCC2CC2)CN(c2ncc(-c3n[nH]c4ccc(OCc5c(Cl)cncc5Cl)cc34)cc2C#N)C1. The number of hydrogen-bond acceptors (Lipinski definition) is 7. The maximum absolute atomic E-state index is 9.90. The lowest BCUT2D eigenvalue weighted by atomic mass is 9.91. The molecule has 0 radical (unpaired) electrons. The molecule has 0 atom stereocenters. The Kier molecular flexibility index (Phi) is 6.15. The van der Waals surface area contributed by atoms with Crippen LogP contribution in [0.2, 0.25) is 10.0 Å². The lowest BCUT2D eigenvalue weighted by molar-refractivity contribution is 0.277. The number of aromatic amines is 1. The van der Waals surface area contributed by atoms with Crippen LogP contribution >= 0.6 is 23.2 Å². The minimum atomic E-state index is 0.0647. The van der Waals surface area contributed by atoms with Gasteiger partial charge in [0.25, 0.3) is 0 Å². The molecular formula is C27H25Cl2N7O. The molecule has 1 saturated carbocycles. The monoisotopic (exact) mass is 533 g/mol. The topological polar surface area (TPSA) is 103 Å². The predicted octanol–water partition coefficient (Wildman–Crippen LogP) is 5.36. The highest BCUT2D eigenvalue weighted by Crippen LogP contribution is 2.35. The molecule has 1 aromatic carbocycles. The Bertz CT molecular complexity index is 1500. The van der Waals surface area contributed by atoms with Gasteiger partial charge in [0.05, 0.1) is 26.7 Å². The highest BCUT2D eigenvalue weighted by molar-refractivity contribution is 6.35. The van der Waals surface area contributed by atoms with E-state index in [1.807, 2.05) is 24.3 Å². The third-order valence-electron chi connectivity index (χ3n) is 7.02. The van der Waals surface area contributed by atoms with Crippen LogP contribution in [0.3, 0.4) is 0 Å². The van der Waals surface area contributed by atoms with Gasteiger partial charge in [0.1, 0.15) is 29.9 Å². The molecule has 4 heterocycles. The van der Waals surface area contributed by atoms with Crippen molar-refractivity contribution < 1.29 is 4.74 Å². The van der Waals surface area contributed by atoms with Crippen molar-refractivity contribution in [1.29, 1.82) is 5.26 Å². The average molecular weight is 534 g/mol. The molecule has 0 amide bonds. The van der Waals surface area contributed by atoms with Crippen LogP contribution < -0.4 is 15.0 Å². The zero-order valence-electron chi connectivity index (χ0n) is 20.3. The first-order valence-corrected chi connectivity index (χ1v) is 13.0. The Morgan fingerprint density at radius 3 is 2.70 bits per heavy atom. The predicted molar refractivity (Wildman–Crippen MR) is 144 cm³/mol. The summed E-state index contributed by atoms with van der Waals surface area (Å²) in [5.74, 6) is 2.19. The summed E-state index contributed by atoms with van der Waals surface area (Å²) in [5.41, 5.74) is 3.59. The number of aromatic nitrogens is 4. The molecule has 2 fully saturated rings. The van der Waals surface area contributed by atoms with Crippen molar-refractivity contribution >= 4 is 39.9 Å². The molecule has 8 nitrogen and oxygen atoms in total. The molecule has 4 aromatic rings. The van der Waals surface area contributed by atoms with E-state index >= 15 is 0 Å². The summed E-state index contributed by atoms with van der Waals surface area (Å²) >= 11 is 12.4. The second-order valence-corrected chi connectivity index (χ2v) is 10.9. The van der Waals surface area contributed by atoms with Gasteiger partial charge in [-0.3, -0.25) is 10.1 Å². The zero-order chi connectivity index (χ0) is 25.6. The Morgan fingerprint density at radius 2 is 1.97 bits per heavy atom. The quantitative estimate of drug-likeness (QED) is 0.314. The number of fused-ring (bicyclic) bond motifs is 1. The van der Waals surface area contributed by atoms with Gasteiger partial charge in [-0.15, -0.1) is 0 Å². The Balaban J connectivity index is 1.21. The molecule has 6 rings (SSSR count). The Labute approximate surface area is 224 Å². The first-order valence-electron chi connectivity index (χ1n) is 12.2. The molecule has 0 spiro atoms. The van der Waals surface area contributed by atoms with E-state index in [4.69, 9.17) is 27.9 Å². The van der Waals surface area contributed by atoms with Crippen LogP contribution in [0.1, 0.15) is 30.9 Å². The number of anilines is 1. The number of pyridine rings is 2. The summed E-state index contributed by atoms with van der Waals surface area (Å²) in [4.78, 5) is 10.8. The molecule has 2 aliphatic rings. The van der Waals surface area contributed by atoms with Crippen LogP contribution in [0.15, 0.2) is 42.9 Å². The van der Waals surface area contributed by atoms with Crippen molar-refractivity contribution in [3.8, 4) is 23.1 Å². The van der Waals surface area contributed by atoms with Crippen LogP contribution in [0, 0.1) is 17.2 Å². The van der Waals surface area contributed by atoms with Crippen molar-refractivity contribution in [1.82, 2.24) is 25.5 Å². The first-order chi connectivity index (χ1) is 17.9. The van der Waals surface area contributed by atoms with Gasteiger partial charge >= 0.3 is 0 Å². The van der Waals surface area contributed by atoms with Crippen LogP contribution in [0.25, 0.3) is 22.2 Å². The number of H-pyrrole nitrogens is 1. The Hall–Kier alpha value is -3.38. The van der Waals surface area contributed by atoms with E-state index in [1.165, 1.54) is 25.2 Å². The largest absolute Gasteiger partial charge is 0.489 e. The van der Waals surface area contributed by atoms with Gasteiger partial charge < -0.3 is 15.0 Å². The van der Waals surface area contributed by atoms with Gasteiger partial charge in [-0.05, 0) is 56.5 Å². The van der Waals surface area contributed by atoms with Crippen molar-refractivity contribution in [2.45, 2.75) is 31.9 Å². The molecule has 37 heavy (non-hydrogen) atoms. The molecule has 1 aliphatic heterocycles. The maximum Gasteiger partial charge on any atom is 0.146 e. The highest BCUT2D eigenvalue weighted by Gasteiger charge is 2.41. The lowest BCUT2D eigenvalue weighted by Gasteiger charge is -2.49. The van der Waals surface area contributed by atoms with E-state index in [2.05, 4.69) is 43.4 Å². The van der Waals surface area contributed by atoms with E-state index < -0.39 is 0 Å². The highest BCUT2D eigenvalue weighted by atomic mass is 35.5. The van der Waals surface area contributed by atoms with Crippen molar-refractivity contribution in [2.24, 2.45) is 5.92 Å². The number of nitrogens with zero attached hydrogens (tertiary/aromatic N) is 5. The van der Waals surface area contributed by atoms with Crippen molar-refractivity contribution in [2.75, 3.05) is 24.5 Å². The number of nitriles is 1. The van der Waals surface area contributed by atoms with Gasteiger partial charge in [0.2, 0.25) is 0 Å². The summed E-state index contributed by atoms with van der Waals surface area (Å²) in [7, 11) is 0. The van der Waals surface area contributed by atoms with E-state index in [0.29, 0.717) is 38.4 Å². The van der Waals surface area contributed by atoms with Gasteiger partial charge in [-0.1, -0.05) is 23.2 Å². The number of benzene rings is 1. The molecule has 2 N–H and O–H groups in total. The van der Waals surface area contributed by atoms with Crippen molar-refractivity contribution in [3.63, 3.8) is 0 Å². The number of hydrogen-bond donors (Lipinski definition) is 2. The molecule has 1 saturated heterocycles. The fourth-order valence-corrected chi connectivity index (χ4v) is 5.20. The lowest BCUT2D eigenvalue weighted by Crippen LogP contribution is -2.68. The average Bonchev–Trinajstić information content (AvgIpc) is 3.62. The summed E-state index contributed by atoms with van der Waals surface area (Å²) < 4.78 is 5.98. The second kappa shape index (κ2) is 9.49. The fraction of sp³-hybridized carbons (Fsp3) is 0.333. The minimum absolute atomic E-state index is 0.0647. The normalized spacial score (nSPS) is 16.4. The number of halogens is 2. The molecule has 188 valence electrons. The van der Waals surface area contributed by atoms with Crippen molar-refractivity contribution in [3.05, 3.63) is 64.0 Å². The minimum Gasteiger partial charge on any atom is -0.489 e. The van der Waals surface area contributed by atoms with Gasteiger partial charge in [0, 0.05) is 48.2 Å². The number of rotatable bonds is 8. The van der Waals surface area contributed by atoms with E-state index in [9.17, 15) is 5.26 Å². The first kappa shape index (κ1) is 24.0. The van der Waals surface area contributed by atoms with Crippen LogP contribution in [0.4, 0.5) is 5.82 Å². The summed E-state index contributed by atoms with van der Waals surface area (Å²) in [6.07, 6.45) is 7.52. The Morgan fingerprint density at radius 1 is 1.19 bits per heavy atom. The fourth-order valence-electron chi connectivity index (χ4n) is 4.73. The van der Waals surface area contributed by atoms with Crippen LogP contribution in [-0.4, -0.2) is 45.3 Å². The van der Waals surface area contributed by atoms with E-state index in [-0.39, 0.29) is 12.1 Å². The number of nitrogens with one attached hydrogen (secondary N) is 2. The van der Waals surface area contributed by atoms with Gasteiger partial charge in [-0.2, -0.15) is 10.4 Å². The third kappa shape index (κ3) is 4.82. The molecule has 1 aliphatic carbocycles. The van der Waals surface area contributed by atoms with Gasteiger partial charge in [-0.25, -0.2) is 4.98 Å². The van der Waals surface area contributed by atoms with E-state index in [0.717, 1.165) is 42.0 Å². The summed E-state index contributed by atoms with van der Waals surface area (Å²) in [6.45, 7) is 5.18. The smallest absolute Gasteiger partial charge is 0.146 e. The second-order valence-electron chi connectivity index (χ2n) is 10.1. The molecule has 3 aromatic heterocycles. The van der Waals surface area contributed by atoms with E-state index in [1.54, 1.807) is 6.20 Å². The van der Waals surface area contributed by atoms with Crippen LogP contribution in [-0.2, 0) is 6.61 Å². The standard InChI is InChI=1S/C27H25Cl2N7O/c1-27(33-9-16-2-3-16)14-36(15-27)26-17(8-30)6-18(10-32-26)25-20-7-19(4-5-24(20)34-35-25)37-13-21-22(28)11-31-12-23(21)29/h4-7,10-12,16,33H,2-3,9,13-15H2,1H3,(H,34,35). The maximum atomic E-state index is 9.90. The number of ether oxygens (including phenoxy) is 1. The summed E-state index contributed by atoms with van der Waals surface area (Å²) in [6, 6.07) is 9.85. The third-order valence-corrected chi connectivity index (χ3v) is 7.68. The molecule has 10 heteroatoms. The summed E-state index contributed by atoms with van der Waals surface area (Å²) in [5, 5.41) is 22.9. The van der Waals surface area contributed by atoms with Crippen LogP contribution in [0.5, 0.6) is 5.75 Å².